The van der Waals surface area contributed by atoms with Crippen LogP contribution in [0.2, 0.25) is 5.02 Å². The first kappa shape index (κ1) is 18.6. The first-order chi connectivity index (χ1) is 12.5. The normalized spacial score (nSPS) is 12.2. The zero-order valence-electron chi connectivity index (χ0n) is 15.0. The number of aryl methyl sites for hydroxylation is 2. The lowest BCUT2D eigenvalue weighted by Crippen LogP contribution is -2.38. The molecule has 0 saturated carbocycles. The van der Waals surface area contributed by atoms with E-state index in [1.807, 2.05) is 31.2 Å². The lowest BCUT2D eigenvalue weighted by Gasteiger charge is -2.15. The smallest absolute Gasteiger partial charge is 0.242 e. The number of benzene rings is 1. The summed E-state index contributed by atoms with van der Waals surface area (Å²) in [4.78, 5) is 23.2. The second-order valence-electron chi connectivity index (χ2n) is 6.22. The van der Waals surface area contributed by atoms with E-state index in [9.17, 15) is 4.79 Å². The standard InChI is InChI=1S/C19H21ClN4OS/c1-11-13(3)26-19-16(11)17(22-10-23-19)24-12(2)18(25)21-9-8-14-4-6-15(20)7-5-14/h4-7,10,12H,8-9H2,1-3H3,(H,21,25)(H,22,23,24)/t12-/m1/s1. The summed E-state index contributed by atoms with van der Waals surface area (Å²) >= 11 is 7.52. The molecule has 2 N–H and O–H groups in total. The summed E-state index contributed by atoms with van der Waals surface area (Å²) in [6.07, 6.45) is 2.29. The number of nitrogens with zero attached hydrogens (tertiary/aromatic N) is 2. The van der Waals surface area contributed by atoms with E-state index < -0.39 is 6.04 Å². The van der Waals surface area contributed by atoms with Crippen molar-refractivity contribution in [1.82, 2.24) is 15.3 Å². The van der Waals surface area contributed by atoms with Crippen LogP contribution in [0.5, 0.6) is 0 Å². The second-order valence-corrected chi connectivity index (χ2v) is 7.86. The third-order valence-electron chi connectivity index (χ3n) is 4.34. The van der Waals surface area contributed by atoms with Gasteiger partial charge >= 0.3 is 0 Å². The molecule has 0 spiro atoms. The van der Waals surface area contributed by atoms with Crippen molar-refractivity contribution in [3.63, 3.8) is 0 Å². The Morgan fingerprint density at radius 2 is 1.96 bits per heavy atom. The van der Waals surface area contributed by atoms with Crippen LogP contribution < -0.4 is 10.6 Å². The van der Waals surface area contributed by atoms with Crippen molar-refractivity contribution < 1.29 is 4.79 Å². The van der Waals surface area contributed by atoms with Crippen LogP contribution in [-0.2, 0) is 11.2 Å². The topological polar surface area (TPSA) is 66.9 Å². The summed E-state index contributed by atoms with van der Waals surface area (Å²) in [6.45, 7) is 6.53. The largest absolute Gasteiger partial charge is 0.358 e. The number of rotatable bonds is 6. The maximum atomic E-state index is 12.4. The van der Waals surface area contributed by atoms with Crippen molar-refractivity contribution in [3.8, 4) is 0 Å². The molecule has 1 aromatic carbocycles. The van der Waals surface area contributed by atoms with Crippen molar-refractivity contribution >= 4 is 44.9 Å². The fraction of sp³-hybridized carbons (Fsp3) is 0.316. The molecule has 0 saturated heterocycles. The molecular weight excluding hydrogens is 368 g/mol. The zero-order chi connectivity index (χ0) is 18.7. The third kappa shape index (κ3) is 4.14. The van der Waals surface area contributed by atoms with Gasteiger partial charge in [0.15, 0.2) is 0 Å². The minimum atomic E-state index is -0.391. The van der Waals surface area contributed by atoms with Crippen molar-refractivity contribution in [2.24, 2.45) is 0 Å². The highest BCUT2D eigenvalue weighted by Gasteiger charge is 2.17. The summed E-state index contributed by atoms with van der Waals surface area (Å²) in [5.41, 5.74) is 2.29. The van der Waals surface area contributed by atoms with E-state index >= 15 is 0 Å². The SMILES string of the molecule is Cc1sc2ncnc(N[C@H](C)C(=O)NCCc3ccc(Cl)cc3)c2c1C. The molecule has 0 aliphatic carbocycles. The average molecular weight is 389 g/mol. The number of fused-ring (bicyclic) bond motifs is 1. The highest BCUT2D eigenvalue weighted by Crippen LogP contribution is 2.32. The van der Waals surface area contributed by atoms with Gasteiger partial charge in [0.2, 0.25) is 5.91 Å². The minimum Gasteiger partial charge on any atom is -0.358 e. The van der Waals surface area contributed by atoms with Gasteiger partial charge in [-0.15, -0.1) is 11.3 Å². The van der Waals surface area contributed by atoms with Crippen LogP contribution in [0.1, 0.15) is 22.9 Å². The number of thiophene rings is 1. The number of amides is 1. The van der Waals surface area contributed by atoms with Gasteiger partial charge in [-0.25, -0.2) is 9.97 Å². The summed E-state index contributed by atoms with van der Waals surface area (Å²) < 4.78 is 0. The molecule has 7 heteroatoms. The Balaban J connectivity index is 1.60. The first-order valence-corrected chi connectivity index (χ1v) is 9.64. The van der Waals surface area contributed by atoms with Gasteiger partial charge in [0.1, 0.15) is 23.0 Å². The molecule has 0 aliphatic rings. The Kier molecular flexibility index (Phi) is 5.74. The number of halogens is 1. The van der Waals surface area contributed by atoms with Crippen molar-refractivity contribution in [3.05, 3.63) is 51.6 Å². The third-order valence-corrected chi connectivity index (χ3v) is 5.71. The Morgan fingerprint density at radius 1 is 1.23 bits per heavy atom. The highest BCUT2D eigenvalue weighted by molar-refractivity contribution is 7.18. The number of aromatic nitrogens is 2. The van der Waals surface area contributed by atoms with Gasteiger partial charge in [0.25, 0.3) is 0 Å². The van der Waals surface area contributed by atoms with Gasteiger partial charge in [-0.1, -0.05) is 23.7 Å². The molecule has 26 heavy (non-hydrogen) atoms. The molecule has 1 atom stereocenters. The fourth-order valence-electron chi connectivity index (χ4n) is 2.70. The number of carbonyl (C=O) groups excluding carboxylic acids is 1. The van der Waals surface area contributed by atoms with E-state index in [-0.39, 0.29) is 5.91 Å². The summed E-state index contributed by atoms with van der Waals surface area (Å²) in [7, 11) is 0. The second kappa shape index (κ2) is 8.01. The van der Waals surface area contributed by atoms with E-state index in [2.05, 4.69) is 34.4 Å². The lowest BCUT2D eigenvalue weighted by molar-refractivity contribution is -0.121. The Hall–Kier alpha value is -2.18. The average Bonchev–Trinajstić information content (AvgIpc) is 2.91. The van der Waals surface area contributed by atoms with Crippen LogP contribution in [0, 0.1) is 13.8 Å². The maximum absolute atomic E-state index is 12.4. The van der Waals surface area contributed by atoms with Crippen molar-refractivity contribution in [2.45, 2.75) is 33.2 Å². The maximum Gasteiger partial charge on any atom is 0.242 e. The molecular formula is C19H21ClN4OS. The molecule has 0 unspecified atom stereocenters. The molecule has 5 nitrogen and oxygen atoms in total. The number of carbonyl (C=O) groups is 1. The predicted octanol–water partition coefficient (Wildman–Crippen LogP) is 4.12. The first-order valence-electron chi connectivity index (χ1n) is 8.45. The fourth-order valence-corrected chi connectivity index (χ4v) is 3.82. The number of anilines is 1. The molecule has 0 aliphatic heterocycles. The van der Waals surface area contributed by atoms with Gasteiger partial charge < -0.3 is 10.6 Å². The monoisotopic (exact) mass is 388 g/mol. The molecule has 3 aromatic rings. The highest BCUT2D eigenvalue weighted by atomic mass is 35.5. The van der Waals surface area contributed by atoms with Crippen molar-refractivity contribution in [1.29, 1.82) is 0 Å². The lowest BCUT2D eigenvalue weighted by atomic mass is 10.1. The van der Waals surface area contributed by atoms with E-state index in [0.717, 1.165) is 27.8 Å². The van der Waals surface area contributed by atoms with E-state index in [4.69, 9.17) is 11.6 Å². The Labute approximate surface area is 161 Å². The van der Waals surface area contributed by atoms with Gasteiger partial charge in [0.05, 0.1) is 5.39 Å². The molecule has 2 aromatic heterocycles. The van der Waals surface area contributed by atoms with Crippen LogP contribution in [0.4, 0.5) is 5.82 Å². The summed E-state index contributed by atoms with van der Waals surface area (Å²) in [5, 5.41) is 7.89. The van der Waals surface area contributed by atoms with Gasteiger partial charge in [-0.2, -0.15) is 0 Å². The predicted molar refractivity (Wildman–Crippen MR) is 108 cm³/mol. The zero-order valence-corrected chi connectivity index (χ0v) is 16.5. The van der Waals surface area contributed by atoms with Gasteiger partial charge in [0, 0.05) is 16.4 Å². The van der Waals surface area contributed by atoms with Crippen molar-refractivity contribution in [2.75, 3.05) is 11.9 Å². The molecule has 3 rings (SSSR count). The van der Waals surface area contributed by atoms with E-state index in [0.29, 0.717) is 17.4 Å². The van der Waals surface area contributed by atoms with E-state index in [1.54, 1.807) is 11.3 Å². The van der Waals surface area contributed by atoms with E-state index in [1.165, 1.54) is 11.2 Å². The Morgan fingerprint density at radius 3 is 2.69 bits per heavy atom. The number of hydrogen-bond donors (Lipinski definition) is 2. The molecule has 2 heterocycles. The van der Waals surface area contributed by atoms with Gasteiger partial charge in [-0.05, 0) is 50.5 Å². The van der Waals surface area contributed by atoms with Crippen LogP contribution >= 0.6 is 22.9 Å². The summed E-state index contributed by atoms with van der Waals surface area (Å²) in [6, 6.07) is 7.26. The minimum absolute atomic E-state index is 0.0599. The molecule has 0 radical (unpaired) electrons. The molecule has 136 valence electrons. The van der Waals surface area contributed by atoms with Gasteiger partial charge in [-0.3, -0.25) is 4.79 Å². The van der Waals surface area contributed by atoms with Crippen LogP contribution in [0.3, 0.4) is 0 Å². The Bertz CT molecular complexity index is 923. The quantitative estimate of drug-likeness (QED) is 0.666. The van der Waals surface area contributed by atoms with Crippen LogP contribution in [0.25, 0.3) is 10.2 Å². The summed E-state index contributed by atoms with van der Waals surface area (Å²) in [5.74, 6) is 0.646. The number of hydrogen-bond acceptors (Lipinski definition) is 5. The van der Waals surface area contributed by atoms with Crippen LogP contribution in [-0.4, -0.2) is 28.5 Å². The number of nitrogens with one attached hydrogen (secondary N) is 2. The molecule has 1 amide bonds. The molecule has 0 fully saturated rings. The van der Waals surface area contributed by atoms with Crippen LogP contribution in [0.15, 0.2) is 30.6 Å². The molecule has 0 bridgehead atoms.